The van der Waals surface area contributed by atoms with E-state index in [9.17, 15) is 0 Å². The van der Waals surface area contributed by atoms with E-state index >= 15 is 0 Å². The highest BCUT2D eigenvalue weighted by Gasteiger charge is 2.10. The Morgan fingerprint density at radius 2 is 1.94 bits per heavy atom. The third kappa shape index (κ3) is 2.15. The van der Waals surface area contributed by atoms with Crippen LogP contribution in [0.3, 0.4) is 0 Å². The predicted octanol–water partition coefficient (Wildman–Crippen LogP) is 2.52. The van der Waals surface area contributed by atoms with Gasteiger partial charge in [0, 0.05) is 29.6 Å². The second kappa shape index (κ2) is 4.97. The smallest absolute Gasteiger partial charge is 0.123 e. The van der Waals surface area contributed by atoms with Gasteiger partial charge in [0.2, 0.25) is 0 Å². The maximum Gasteiger partial charge on any atom is 0.123 e. The molecule has 2 N–H and O–H groups in total. The van der Waals surface area contributed by atoms with Crippen LogP contribution >= 0.6 is 0 Å². The molecule has 3 heteroatoms. The number of nitrogens with two attached hydrogens (primary N) is 1. The molecule has 0 spiro atoms. The lowest BCUT2D eigenvalue weighted by Crippen LogP contribution is -2.03. The summed E-state index contributed by atoms with van der Waals surface area (Å²) in [4.78, 5) is 4.30. The lowest BCUT2D eigenvalue weighted by Gasteiger charge is -2.13. The maximum absolute atomic E-state index is 5.81. The Morgan fingerprint density at radius 1 is 1.18 bits per heavy atom. The molecule has 0 fully saturated rings. The minimum atomic E-state index is 0.452. The van der Waals surface area contributed by atoms with E-state index in [-0.39, 0.29) is 0 Å². The van der Waals surface area contributed by atoms with Gasteiger partial charge in [0.15, 0.2) is 0 Å². The summed E-state index contributed by atoms with van der Waals surface area (Å²) in [6.07, 6.45) is 1.79. The van der Waals surface area contributed by atoms with Crippen LogP contribution in [0, 0.1) is 6.92 Å². The number of ether oxygens (including phenoxy) is 1. The molecule has 0 amide bonds. The van der Waals surface area contributed by atoms with Gasteiger partial charge in [-0.15, -0.1) is 0 Å². The molecule has 2 rings (SSSR count). The Kier molecular flexibility index (Phi) is 3.40. The first kappa shape index (κ1) is 11.6. The van der Waals surface area contributed by atoms with E-state index in [1.165, 1.54) is 0 Å². The molecule has 0 saturated heterocycles. The monoisotopic (exact) mass is 228 g/mol. The summed E-state index contributed by atoms with van der Waals surface area (Å²) in [6, 6.07) is 9.93. The first-order valence-electron chi connectivity index (χ1n) is 5.56. The second-order valence-electron chi connectivity index (χ2n) is 3.83. The normalized spacial score (nSPS) is 10.3. The first-order chi connectivity index (χ1) is 8.27. The summed E-state index contributed by atoms with van der Waals surface area (Å²) in [7, 11) is 1.66. The highest BCUT2D eigenvalue weighted by atomic mass is 16.5. The third-order valence-electron chi connectivity index (χ3n) is 2.85. The van der Waals surface area contributed by atoms with Gasteiger partial charge in [-0.2, -0.15) is 0 Å². The molecule has 1 aromatic heterocycles. The zero-order chi connectivity index (χ0) is 12.3. The molecule has 0 atom stereocenters. The molecule has 0 aliphatic carbocycles. The maximum atomic E-state index is 5.81. The fourth-order valence-electron chi connectivity index (χ4n) is 1.99. The number of aryl methyl sites for hydroxylation is 1. The van der Waals surface area contributed by atoms with Crippen LogP contribution in [0.5, 0.6) is 5.75 Å². The Bertz CT molecular complexity index is 523. The number of hydrogen-bond acceptors (Lipinski definition) is 3. The largest absolute Gasteiger partial charge is 0.496 e. The van der Waals surface area contributed by atoms with Crippen LogP contribution in [-0.4, -0.2) is 12.1 Å². The van der Waals surface area contributed by atoms with Gasteiger partial charge in [0.25, 0.3) is 0 Å². The SMILES string of the molecule is COc1cccc(-c2cccnc2C)c1CN. The molecule has 0 radical (unpaired) electrons. The van der Waals surface area contributed by atoms with Crippen molar-refractivity contribution in [2.24, 2.45) is 5.73 Å². The van der Waals surface area contributed by atoms with Crippen LogP contribution in [0.15, 0.2) is 36.5 Å². The number of pyridine rings is 1. The Labute approximate surface area is 101 Å². The molecule has 0 aliphatic heterocycles. The molecule has 1 aromatic carbocycles. The number of aromatic nitrogens is 1. The van der Waals surface area contributed by atoms with Gasteiger partial charge < -0.3 is 10.5 Å². The molecular weight excluding hydrogens is 212 g/mol. The molecule has 1 heterocycles. The van der Waals surface area contributed by atoms with E-state index in [1.807, 2.05) is 25.1 Å². The van der Waals surface area contributed by atoms with E-state index in [2.05, 4.69) is 17.1 Å². The Balaban J connectivity index is 2.63. The fraction of sp³-hybridized carbons (Fsp3) is 0.214. The van der Waals surface area contributed by atoms with E-state index in [0.717, 1.165) is 28.1 Å². The molecule has 0 bridgehead atoms. The number of rotatable bonds is 3. The van der Waals surface area contributed by atoms with Crippen LogP contribution in [0.1, 0.15) is 11.3 Å². The topological polar surface area (TPSA) is 48.1 Å². The van der Waals surface area contributed by atoms with Crippen LogP contribution in [0.4, 0.5) is 0 Å². The van der Waals surface area contributed by atoms with Crippen molar-refractivity contribution in [3.63, 3.8) is 0 Å². The van der Waals surface area contributed by atoms with Crippen molar-refractivity contribution < 1.29 is 4.74 Å². The van der Waals surface area contributed by atoms with Crippen molar-refractivity contribution in [3.8, 4) is 16.9 Å². The van der Waals surface area contributed by atoms with Crippen molar-refractivity contribution in [2.45, 2.75) is 13.5 Å². The van der Waals surface area contributed by atoms with Gasteiger partial charge in [0.05, 0.1) is 7.11 Å². The zero-order valence-corrected chi connectivity index (χ0v) is 10.1. The minimum Gasteiger partial charge on any atom is -0.496 e. The summed E-state index contributed by atoms with van der Waals surface area (Å²) >= 11 is 0. The van der Waals surface area contributed by atoms with Crippen molar-refractivity contribution in [2.75, 3.05) is 7.11 Å². The van der Waals surface area contributed by atoms with Crippen molar-refractivity contribution in [3.05, 3.63) is 47.8 Å². The van der Waals surface area contributed by atoms with Crippen LogP contribution < -0.4 is 10.5 Å². The van der Waals surface area contributed by atoms with Crippen LogP contribution in [0.25, 0.3) is 11.1 Å². The van der Waals surface area contributed by atoms with Gasteiger partial charge in [-0.1, -0.05) is 18.2 Å². The number of benzene rings is 1. The van der Waals surface area contributed by atoms with Crippen LogP contribution in [0.2, 0.25) is 0 Å². The molecule has 88 valence electrons. The second-order valence-corrected chi connectivity index (χ2v) is 3.83. The van der Waals surface area contributed by atoms with Gasteiger partial charge >= 0.3 is 0 Å². The van der Waals surface area contributed by atoms with Crippen molar-refractivity contribution >= 4 is 0 Å². The van der Waals surface area contributed by atoms with E-state index in [0.29, 0.717) is 6.54 Å². The molecular formula is C14H16N2O. The van der Waals surface area contributed by atoms with Gasteiger partial charge in [-0.3, -0.25) is 4.98 Å². The van der Waals surface area contributed by atoms with Gasteiger partial charge in [-0.25, -0.2) is 0 Å². The molecule has 0 saturated carbocycles. The van der Waals surface area contributed by atoms with Gasteiger partial charge in [-0.05, 0) is 24.6 Å². The van der Waals surface area contributed by atoms with Crippen molar-refractivity contribution in [1.82, 2.24) is 4.98 Å². The van der Waals surface area contributed by atoms with Crippen LogP contribution in [-0.2, 0) is 6.54 Å². The van der Waals surface area contributed by atoms with E-state index in [4.69, 9.17) is 10.5 Å². The summed E-state index contributed by atoms with van der Waals surface area (Å²) in [5.74, 6) is 0.827. The first-order valence-corrected chi connectivity index (χ1v) is 5.56. The van der Waals surface area contributed by atoms with E-state index < -0.39 is 0 Å². The molecule has 0 unspecified atom stereocenters. The molecule has 17 heavy (non-hydrogen) atoms. The average molecular weight is 228 g/mol. The molecule has 0 aliphatic rings. The number of nitrogens with zero attached hydrogens (tertiary/aromatic N) is 1. The standard InChI is InChI=1S/C14H16N2O/c1-10-11(6-4-8-16-10)12-5-3-7-14(17-2)13(12)9-15/h3-8H,9,15H2,1-2H3. The molecule has 3 nitrogen and oxygen atoms in total. The van der Waals surface area contributed by atoms with E-state index in [1.54, 1.807) is 13.3 Å². The zero-order valence-electron chi connectivity index (χ0n) is 10.1. The lowest BCUT2D eigenvalue weighted by molar-refractivity contribution is 0.410. The predicted molar refractivity (Wildman–Crippen MR) is 68.9 cm³/mol. The fourth-order valence-corrected chi connectivity index (χ4v) is 1.99. The summed E-state index contributed by atoms with van der Waals surface area (Å²) < 4.78 is 5.34. The number of hydrogen-bond donors (Lipinski definition) is 1. The summed E-state index contributed by atoms with van der Waals surface area (Å²) in [5, 5.41) is 0. The quantitative estimate of drug-likeness (QED) is 0.878. The minimum absolute atomic E-state index is 0.452. The van der Waals surface area contributed by atoms with Gasteiger partial charge in [0.1, 0.15) is 5.75 Å². The highest BCUT2D eigenvalue weighted by Crippen LogP contribution is 2.31. The Hall–Kier alpha value is -1.87. The molecule has 2 aromatic rings. The lowest BCUT2D eigenvalue weighted by atomic mass is 9.98. The average Bonchev–Trinajstić information content (AvgIpc) is 2.38. The summed E-state index contributed by atoms with van der Waals surface area (Å²) in [5.41, 5.74) is 10.0. The Morgan fingerprint density at radius 3 is 2.59 bits per heavy atom. The third-order valence-corrected chi connectivity index (χ3v) is 2.85. The van der Waals surface area contributed by atoms with Crippen molar-refractivity contribution in [1.29, 1.82) is 0 Å². The number of methoxy groups -OCH3 is 1. The highest BCUT2D eigenvalue weighted by molar-refractivity contribution is 5.71. The summed E-state index contributed by atoms with van der Waals surface area (Å²) in [6.45, 7) is 2.45.